The van der Waals surface area contributed by atoms with Gasteiger partial charge in [0.2, 0.25) is 0 Å². The summed E-state index contributed by atoms with van der Waals surface area (Å²) in [6.07, 6.45) is -4.86. The summed E-state index contributed by atoms with van der Waals surface area (Å²) < 4.78 is 39.7. The van der Waals surface area contributed by atoms with Crippen LogP contribution in [0.3, 0.4) is 0 Å². The molecule has 1 atom stereocenters. The molecule has 0 fully saturated rings. The quantitative estimate of drug-likeness (QED) is 0.619. The number of carbonyl (C=O) groups excluding carboxylic acids is 1. The van der Waals surface area contributed by atoms with Crippen LogP contribution in [0.15, 0.2) is 18.2 Å². The maximum absolute atomic E-state index is 12.0. The predicted octanol–water partition coefficient (Wildman–Crippen LogP) is 4.05. The van der Waals surface area contributed by atoms with Crippen molar-refractivity contribution in [3.63, 3.8) is 0 Å². The van der Waals surface area contributed by atoms with Crippen molar-refractivity contribution in [2.24, 2.45) is 0 Å². The summed E-state index contributed by atoms with van der Waals surface area (Å²) in [4.78, 5) is 11.5. The van der Waals surface area contributed by atoms with Crippen LogP contribution in [0.25, 0.3) is 0 Å². The highest BCUT2D eigenvalue weighted by atomic mass is 35.5. The molecule has 94 valence electrons. The summed E-state index contributed by atoms with van der Waals surface area (Å²) in [6.45, 7) is 1.42. The largest absolute Gasteiger partial charge is 0.573 e. The van der Waals surface area contributed by atoms with Crippen LogP contribution in [-0.4, -0.2) is 17.5 Å². The number of hydrogen-bond donors (Lipinski definition) is 0. The van der Waals surface area contributed by atoms with Crippen molar-refractivity contribution in [3.05, 3.63) is 28.8 Å². The second-order valence-corrected chi connectivity index (χ2v) is 4.24. The normalized spacial score (nSPS) is 13.3. The molecule has 0 aromatic heterocycles. The van der Waals surface area contributed by atoms with Gasteiger partial charge in [-0.3, -0.25) is 4.79 Å². The highest BCUT2D eigenvalue weighted by molar-refractivity contribution is 6.34. The average molecular weight is 287 g/mol. The van der Waals surface area contributed by atoms with Gasteiger partial charge in [0, 0.05) is 5.56 Å². The molecule has 0 heterocycles. The minimum Gasteiger partial charge on any atom is -0.404 e. The summed E-state index contributed by atoms with van der Waals surface area (Å²) in [5, 5.41) is -1.07. The Balaban J connectivity index is 3.07. The van der Waals surface area contributed by atoms with Gasteiger partial charge in [0.05, 0.1) is 10.4 Å². The number of hydrogen-bond acceptors (Lipinski definition) is 2. The Labute approximate surface area is 105 Å². The number of carbonyl (C=O) groups is 1. The van der Waals surface area contributed by atoms with Crippen molar-refractivity contribution in [1.29, 1.82) is 0 Å². The first-order chi connectivity index (χ1) is 7.70. The number of ketones is 1. The van der Waals surface area contributed by atoms with Crippen molar-refractivity contribution < 1.29 is 22.7 Å². The number of halogens is 5. The Bertz CT molecular complexity index is 430. The van der Waals surface area contributed by atoms with Crippen LogP contribution in [0.2, 0.25) is 5.02 Å². The Morgan fingerprint density at radius 1 is 1.41 bits per heavy atom. The van der Waals surface area contributed by atoms with Gasteiger partial charge >= 0.3 is 6.36 Å². The van der Waals surface area contributed by atoms with Crippen LogP contribution in [-0.2, 0) is 0 Å². The van der Waals surface area contributed by atoms with E-state index in [2.05, 4.69) is 4.74 Å². The van der Waals surface area contributed by atoms with E-state index < -0.39 is 23.3 Å². The third-order valence-electron chi connectivity index (χ3n) is 1.80. The standard InChI is InChI=1S/C10H7Cl2F3O2/c1-5(11)9(16)6-2-3-7(12)8(4-6)17-10(13,14)15/h2-5H,1H3. The molecule has 0 amide bonds. The molecule has 1 aromatic rings. The molecule has 0 aliphatic heterocycles. The number of alkyl halides is 4. The maximum atomic E-state index is 12.0. The second-order valence-electron chi connectivity index (χ2n) is 3.17. The topological polar surface area (TPSA) is 26.3 Å². The van der Waals surface area contributed by atoms with E-state index in [9.17, 15) is 18.0 Å². The Morgan fingerprint density at radius 3 is 2.47 bits per heavy atom. The van der Waals surface area contributed by atoms with E-state index in [1.165, 1.54) is 13.0 Å². The number of Topliss-reactive ketones (excluding diaryl/α,β-unsaturated/α-hetero) is 1. The maximum Gasteiger partial charge on any atom is 0.573 e. The van der Waals surface area contributed by atoms with Gasteiger partial charge in [-0.25, -0.2) is 0 Å². The van der Waals surface area contributed by atoms with Crippen LogP contribution in [0, 0.1) is 0 Å². The van der Waals surface area contributed by atoms with E-state index in [1.54, 1.807) is 0 Å². The highest BCUT2D eigenvalue weighted by Gasteiger charge is 2.32. The fraction of sp³-hybridized carbons (Fsp3) is 0.300. The van der Waals surface area contributed by atoms with Gasteiger partial charge in [0.15, 0.2) is 5.78 Å². The number of benzene rings is 1. The molecule has 0 bridgehead atoms. The molecule has 1 aromatic carbocycles. The summed E-state index contributed by atoms with van der Waals surface area (Å²) >= 11 is 11.1. The lowest BCUT2D eigenvalue weighted by atomic mass is 10.1. The number of rotatable bonds is 3. The van der Waals surface area contributed by atoms with Gasteiger partial charge in [-0.05, 0) is 25.1 Å². The molecule has 0 aliphatic carbocycles. The molecule has 2 nitrogen and oxygen atoms in total. The van der Waals surface area contributed by atoms with Crippen molar-refractivity contribution in [1.82, 2.24) is 0 Å². The zero-order chi connectivity index (χ0) is 13.2. The Morgan fingerprint density at radius 2 is 2.00 bits per heavy atom. The minimum atomic E-state index is -4.86. The first kappa shape index (κ1) is 14.1. The van der Waals surface area contributed by atoms with Gasteiger partial charge in [0.1, 0.15) is 5.75 Å². The molecule has 0 aliphatic rings. The second kappa shape index (κ2) is 5.14. The number of ether oxygens (including phenoxy) is 1. The highest BCUT2D eigenvalue weighted by Crippen LogP contribution is 2.31. The van der Waals surface area contributed by atoms with Crippen LogP contribution < -0.4 is 4.74 Å². The molecule has 0 N–H and O–H groups in total. The molecule has 7 heteroatoms. The van der Waals surface area contributed by atoms with E-state index in [1.807, 2.05) is 0 Å². The average Bonchev–Trinajstić information content (AvgIpc) is 2.18. The first-order valence-corrected chi connectivity index (χ1v) is 5.25. The first-order valence-electron chi connectivity index (χ1n) is 4.44. The summed E-state index contributed by atoms with van der Waals surface area (Å²) in [5.41, 5.74) is 0.0103. The van der Waals surface area contributed by atoms with E-state index >= 15 is 0 Å². The molecule has 0 saturated heterocycles. The van der Waals surface area contributed by atoms with Crippen molar-refractivity contribution in [2.45, 2.75) is 18.7 Å². The molecule has 1 rings (SSSR count). The van der Waals surface area contributed by atoms with Crippen molar-refractivity contribution in [2.75, 3.05) is 0 Å². The summed E-state index contributed by atoms with van der Waals surface area (Å²) in [6, 6.07) is 3.35. The molecule has 17 heavy (non-hydrogen) atoms. The van der Waals surface area contributed by atoms with Crippen LogP contribution in [0.1, 0.15) is 17.3 Å². The zero-order valence-corrected chi connectivity index (χ0v) is 10.0. The Hall–Kier alpha value is -0.940. The minimum absolute atomic E-state index is 0.0103. The monoisotopic (exact) mass is 286 g/mol. The predicted molar refractivity (Wildman–Crippen MR) is 57.8 cm³/mol. The van der Waals surface area contributed by atoms with E-state index in [0.29, 0.717) is 0 Å². The third-order valence-corrected chi connectivity index (χ3v) is 2.31. The summed E-state index contributed by atoms with van der Waals surface area (Å²) in [5.74, 6) is -1.13. The third kappa shape index (κ3) is 4.09. The summed E-state index contributed by atoms with van der Waals surface area (Å²) in [7, 11) is 0. The lowest BCUT2D eigenvalue weighted by molar-refractivity contribution is -0.274. The van der Waals surface area contributed by atoms with Crippen LogP contribution in [0.5, 0.6) is 5.75 Å². The zero-order valence-electron chi connectivity index (χ0n) is 8.52. The fourth-order valence-electron chi connectivity index (χ4n) is 1.09. The van der Waals surface area contributed by atoms with Gasteiger partial charge in [-0.15, -0.1) is 24.8 Å². The molecule has 0 saturated carbocycles. The van der Waals surface area contributed by atoms with E-state index in [-0.39, 0.29) is 10.6 Å². The molecular weight excluding hydrogens is 280 g/mol. The van der Waals surface area contributed by atoms with Crippen LogP contribution >= 0.6 is 23.2 Å². The smallest absolute Gasteiger partial charge is 0.404 e. The van der Waals surface area contributed by atoms with Gasteiger partial charge in [-0.1, -0.05) is 11.6 Å². The van der Waals surface area contributed by atoms with E-state index in [4.69, 9.17) is 23.2 Å². The fourth-order valence-corrected chi connectivity index (χ4v) is 1.37. The van der Waals surface area contributed by atoms with Gasteiger partial charge in [0.25, 0.3) is 0 Å². The lowest BCUT2D eigenvalue weighted by Gasteiger charge is -2.11. The molecule has 0 spiro atoms. The van der Waals surface area contributed by atoms with E-state index in [0.717, 1.165) is 12.1 Å². The SMILES string of the molecule is CC(Cl)C(=O)c1ccc(Cl)c(OC(F)(F)F)c1. The molecule has 1 unspecified atom stereocenters. The lowest BCUT2D eigenvalue weighted by Crippen LogP contribution is -2.18. The van der Waals surface area contributed by atoms with Crippen LogP contribution in [0.4, 0.5) is 13.2 Å². The van der Waals surface area contributed by atoms with Gasteiger partial charge in [-0.2, -0.15) is 0 Å². The molecule has 0 radical (unpaired) electrons. The van der Waals surface area contributed by atoms with Crippen molar-refractivity contribution >= 4 is 29.0 Å². The van der Waals surface area contributed by atoms with Crippen molar-refractivity contribution in [3.8, 4) is 5.75 Å². The Kier molecular flexibility index (Phi) is 4.27. The van der Waals surface area contributed by atoms with Gasteiger partial charge < -0.3 is 4.74 Å². The molecular formula is C10H7Cl2F3O2.